The van der Waals surface area contributed by atoms with Crippen LogP contribution in [-0.2, 0) is 37.0 Å². The molecular formula is C34H37N3O6S2. The standard InChI is InChI=1S/C34H37N3O6S2/c1-20-30(19-44-34-37-36-22(3)45-34)42-33(43-31(20)26-11-9-24(18-38)10-12-26)27-15-13-25(14-16-27)29-8-6-5-7-28(29)17-35-32(40)21(2)41-23(4)39/h5-16,20-21,30-31,33,38H,17-19H2,1-4H3,(H,35,40)/t20-,21-,30+,31+,33+/m0/s1. The van der Waals surface area contributed by atoms with Gasteiger partial charge in [0.25, 0.3) is 5.91 Å². The Hall–Kier alpha value is -3.61. The van der Waals surface area contributed by atoms with E-state index in [1.165, 1.54) is 6.92 Å². The molecule has 236 valence electrons. The van der Waals surface area contributed by atoms with Crippen LogP contribution in [0.5, 0.6) is 0 Å². The van der Waals surface area contributed by atoms with Crippen molar-refractivity contribution in [3.05, 3.63) is 100 Å². The molecule has 1 aliphatic heterocycles. The number of rotatable bonds is 11. The second-order valence-corrected chi connectivity index (χ2v) is 13.4. The summed E-state index contributed by atoms with van der Waals surface area (Å²) in [5, 5.41) is 21.7. The molecule has 5 atom stereocenters. The molecule has 1 saturated heterocycles. The third-order valence-corrected chi connectivity index (χ3v) is 9.74. The smallest absolute Gasteiger partial charge is 0.303 e. The lowest BCUT2D eigenvalue weighted by Gasteiger charge is -2.41. The van der Waals surface area contributed by atoms with E-state index < -0.39 is 18.4 Å². The van der Waals surface area contributed by atoms with Gasteiger partial charge in [0.1, 0.15) is 5.01 Å². The van der Waals surface area contributed by atoms with Gasteiger partial charge in [-0.25, -0.2) is 0 Å². The van der Waals surface area contributed by atoms with Crippen LogP contribution < -0.4 is 5.32 Å². The molecule has 1 fully saturated rings. The highest BCUT2D eigenvalue weighted by atomic mass is 32.2. The summed E-state index contributed by atoms with van der Waals surface area (Å²) in [6.07, 6.45) is -1.78. The first kappa shape index (κ1) is 32.8. The average Bonchev–Trinajstić information content (AvgIpc) is 3.47. The summed E-state index contributed by atoms with van der Waals surface area (Å²) in [4.78, 5) is 23.6. The lowest BCUT2D eigenvalue weighted by atomic mass is 9.91. The van der Waals surface area contributed by atoms with E-state index in [0.29, 0.717) is 12.3 Å². The molecule has 45 heavy (non-hydrogen) atoms. The summed E-state index contributed by atoms with van der Waals surface area (Å²) < 4.78 is 19.1. The molecule has 0 unspecified atom stereocenters. The van der Waals surface area contributed by atoms with Gasteiger partial charge in [-0.15, -0.1) is 10.2 Å². The molecule has 9 nitrogen and oxygen atoms in total. The van der Waals surface area contributed by atoms with Crippen molar-refractivity contribution in [1.82, 2.24) is 15.5 Å². The predicted molar refractivity (Wildman–Crippen MR) is 173 cm³/mol. The number of aliphatic hydroxyl groups excluding tert-OH is 1. The van der Waals surface area contributed by atoms with Gasteiger partial charge in [0.15, 0.2) is 16.7 Å². The summed E-state index contributed by atoms with van der Waals surface area (Å²) in [5.74, 6) is -0.0893. The zero-order chi connectivity index (χ0) is 31.9. The van der Waals surface area contributed by atoms with Gasteiger partial charge < -0.3 is 24.6 Å². The number of aromatic nitrogens is 2. The lowest BCUT2D eigenvalue weighted by Crippen LogP contribution is -2.38. The number of esters is 1. The number of hydrogen-bond acceptors (Lipinski definition) is 10. The molecule has 3 aromatic carbocycles. The Balaban J connectivity index is 1.34. The Morgan fingerprint density at radius 3 is 2.40 bits per heavy atom. The number of benzene rings is 3. The molecule has 1 amide bonds. The van der Waals surface area contributed by atoms with Gasteiger partial charge in [-0.1, -0.05) is 103 Å². The highest BCUT2D eigenvalue weighted by Crippen LogP contribution is 2.43. The van der Waals surface area contributed by atoms with Crippen LogP contribution >= 0.6 is 23.1 Å². The maximum absolute atomic E-state index is 12.4. The highest BCUT2D eigenvalue weighted by molar-refractivity contribution is 8.01. The molecule has 0 aliphatic carbocycles. The van der Waals surface area contributed by atoms with Crippen LogP contribution in [-0.4, -0.2) is 45.1 Å². The van der Waals surface area contributed by atoms with Crippen molar-refractivity contribution in [3.8, 4) is 11.1 Å². The summed E-state index contributed by atoms with van der Waals surface area (Å²) in [6.45, 7) is 7.20. The molecule has 2 heterocycles. The van der Waals surface area contributed by atoms with Crippen molar-refractivity contribution in [2.75, 3.05) is 5.75 Å². The minimum absolute atomic E-state index is 0.0110. The number of thioether (sulfide) groups is 1. The number of ether oxygens (including phenoxy) is 3. The largest absolute Gasteiger partial charge is 0.453 e. The summed E-state index contributed by atoms with van der Waals surface area (Å²) in [6, 6.07) is 23.8. The van der Waals surface area contributed by atoms with Gasteiger partial charge in [-0.2, -0.15) is 0 Å². The molecule has 5 rings (SSSR count). The van der Waals surface area contributed by atoms with Crippen LogP contribution in [0.4, 0.5) is 0 Å². The van der Waals surface area contributed by atoms with Crippen LogP contribution in [0.3, 0.4) is 0 Å². The number of carbonyl (C=O) groups excluding carboxylic acids is 2. The fourth-order valence-corrected chi connectivity index (χ4v) is 7.21. The first-order valence-electron chi connectivity index (χ1n) is 14.8. The number of amides is 1. The van der Waals surface area contributed by atoms with Crippen LogP contribution in [0.2, 0.25) is 0 Å². The monoisotopic (exact) mass is 647 g/mol. The summed E-state index contributed by atoms with van der Waals surface area (Å²) >= 11 is 3.21. The number of nitrogens with zero attached hydrogens (tertiary/aromatic N) is 2. The Morgan fingerprint density at radius 1 is 1.02 bits per heavy atom. The zero-order valence-electron chi connectivity index (χ0n) is 25.6. The Morgan fingerprint density at radius 2 is 1.73 bits per heavy atom. The van der Waals surface area contributed by atoms with E-state index in [2.05, 4.69) is 22.4 Å². The lowest BCUT2D eigenvalue weighted by molar-refractivity contribution is -0.268. The second-order valence-electron chi connectivity index (χ2n) is 11.0. The van der Waals surface area contributed by atoms with Crippen molar-refractivity contribution < 1.29 is 28.9 Å². The maximum Gasteiger partial charge on any atom is 0.303 e. The molecule has 0 spiro atoms. The third-order valence-electron chi connectivity index (χ3n) is 7.68. The molecule has 0 bridgehead atoms. The molecule has 0 saturated carbocycles. The molecule has 1 aromatic heterocycles. The Labute approximate surface area is 271 Å². The number of nitrogens with one attached hydrogen (secondary N) is 1. The van der Waals surface area contributed by atoms with Gasteiger partial charge >= 0.3 is 5.97 Å². The van der Waals surface area contributed by atoms with Gasteiger partial charge in [-0.05, 0) is 41.7 Å². The Kier molecular flexibility index (Phi) is 11.0. The summed E-state index contributed by atoms with van der Waals surface area (Å²) in [5.41, 5.74) is 5.67. The molecule has 11 heteroatoms. The van der Waals surface area contributed by atoms with Crippen molar-refractivity contribution in [2.24, 2.45) is 5.92 Å². The van der Waals surface area contributed by atoms with Crippen LogP contribution in [0.25, 0.3) is 11.1 Å². The second kappa shape index (κ2) is 15.1. The van der Waals surface area contributed by atoms with Crippen molar-refractivity contribution in [1.29, 1.82) is 0 Å². The highest BCUT2D eigenvalue weighted by Gasteiger charge is 2.38. The van der Waals surface area contributed by atoms with Crippen molar-refractivity contribution >= 4 is 35.0 Å². The number of hydrogen-bond donors (Lipinski definition) is 2. The molecule has 1 aliphatic rings. The first-order valence-corrected chi connectivity index (χ1v) is 16.6. The number of carbonyl (C=O) groups is 2. The van der Waals surface area contributed by atoms with Gasteiger partial charge in [-0.3, -0.25) is 9.59 Å². The zero-order valence-corrected chi connectivity index (χ0v) is 27.3. The minimum Gasteiger partial charge on any atom is -0.453 e. The van der Waals surface area contributed by atoms with Crippen LogP contribution in [0, 0.1) is 12.8 Å². The van der Waals surface area contributed by atoms with Crippen molar-refractivity contribution in [3.63, 3.8) is 0 Å². The van der Waals surface area contributed by atoms with Gasteiger partial charge in [0.2, 0.25) is 0 Å². The van der Waals surface area contributed by atoms with Crippen LogP contribution in [0.15, 0.2) is 77.1 Å². The topological polar surface area (TPSA) is 120 Å². The molecule has 4 aromatic rings. The quantitative estimate of drug-likeness (QED) is 0.146. The minimum atomic E-state index is -0.867. The fraction of sp³-hybridized carbons (Fsp3) is 0.353. The van der Waals surface area contributed by atoms with E-state index in [1.807, 2.05) is 79.7 Å². The van der Waals surface area contributed by atoms with Crippen LogP contribution in [0.1, 0.15) is 60.4 Å². The normalized spacial score (nSPS) is 20.4. The van der Waals surface area contributed by atoms with E-state index >= 15 is 0 Å². The van der Waals surface area contributed by atoms with E-state index in [4.69, 9.17) is 14.2 Å². The predicted octanol–water partition coefficient (Wildman–Crippen LogP) is 6.16. The summed E-state index contributed by atoms with van der Waals surface area (Å²) in [7, 11) is 0. The van der Waals surface area contributed by atoms with Gasteiger partial charge in [0, 0.05) is 30.7 Å². The SMILES string of the molecule is CC(=O)O[C@@H](C)C(=O)NCc1ccccc1-c1ccc([C@@H]2O[C@H](CSc3nnc(C)s3)[C@H](C)[C@H](c3ccc(CO)cc3)O2)cc1. The van der Waals surface area contributed by atoms with Crippen molar-refractivity contribution in [2.45, 2.75) is 69.8 Å². The fourth-order valence-electron chi connectivity index (χ4n) is 5.20. The number of aliphatic hydroxyl groups is 1. The van der Waals surface area contributed by atoms with E-state index in [9.17, 15) is 14.7 Å². The maximum atomic E-state index is 12.4. The molecular weight excluding hydrogens is 611 g/mol. The van der Waals surface area contributed by atoms with E-state index in [1.54, 1.807) is 30.0 Å². The molecule has 2 N–H and O–H groups in total. The average molecular weight is 648 g/mol. The first-order chi connectivity index (χ1) is 21.7. The van der Waals surface area contributed by atoms with E-state index in [-0.39, 0.29) is 30.6 Å². The van der Waals surface area contributed by atoms with Gasteiger partial charge in [0.05, 0.1) is 18.8 Å². The van der Waals surface area contributed by atoms with E-state index in [0.717, 1.165) is 42.7 Å². The number of aryl methyl sites for hydroxylation is 1. The third kappa shape index (κ3) is 8.36. The molecule has 0 radical (unpaired) electrons. The Bertz CT molecular complexity index is 1590.